The van der Waals surface area contributed by atoms with Crippen LogP contribution in [0.3, 0.4) is 0 Å². The van der Waals surface area contributed by atoms with E-state index in [1.54, 1.807) is 0 Å². The zero-order valence-corrected chi connectivity index (χ0v) is 14.9. The minimum atomic E-state index is -3.08. The van der Waals surface area contributed by atoms with E-state index in [2.05, 4.69) is 27.7 Å². The third-order valence-electron chi connectivity index (χ3n) is 4.48. The Morgan fingerprint density at radius 1 is 0.684 bits per heavy atom. The van der Waals surface area contributed by atoms with Crippen LogP contribution in [0.25, 0.3) is 0 Å². The van der Waals surface area contributed by atoms with Gasteiger partial charge in [0.2, 0.25) is 0 Å². The topological polar surface area (TPSA) is 34.1 Å². The molecule has 0 rings (SSSR count). The summed E-state index contributed by atoms with van der Waals surface area (Å²) < 4.78 is 26.2. The fourth-order valence-corrected chi connectivity index (χ4v) is 6.93. The minimum Gasteiger partial charge on any atom is -0.228 e. The molecule has 0 spiro atoms. The van der Waals surface area contributed by atoms with Gasteiger partial charge in [-0.2, -0.15) is 0 Å². The molecule has 4 atom stereocenters. The molecule has 0 aromatic rings. The van der Waals surface area contributed by atoms with E-state index >= 15 is 0 Å². The van der Waals surface area contributed by atoms with E-state index in [0.717, 1.165) is 12.8 Å². The Bertz CT molecular complexity index is 316. The summed E-state index contributed by atoms with van der Waals surface area (Å²) >= 11 is 0. The van der Waals surface area contributed by atoms with Crippen molar-refractivity contribution in [3.8, 4) is 0 Å². The van der Waals surface area contributed by atoms with Crippen molar-refractivity contribution in [1.29, 1.82) is 0 Å². The van der Waals surface area contributed by atoms with E-state index in [1.165, 1.54) is 0 Å². The predicted octanol–water partition coefficient (Wildman–Crippen LogP) is 4.54. The Morgan fingerprint density at radius 3 is 1.11 bits per heavy atom. The summed E-state index contributed by atoms with van der Waals surface area (Å²) in [6.07, 6.45) is 1.85. The molecule has 0 saturated heterocycles. The molecule has 0 amide bonds. The van der Waals surface area contributed by atoms with Crippen LogP contribution in [-0.4, -0.2) is 18.9 Å². The molecule has 0 aliphatic heterocycles. The maximum Gasteiger partial charge on any atom is 0.157 e. The fourth-order valence-electron chi connectivity index (χ4n) is 3.37. The summed E-state index contributed by atoms with van der Waals surface area (Å²) in [6.45, 7) is 16.5. The van der Waals surface area contributed by atoms with Gasteiger partial charge in [0, 0.05) is 0 Å². The molecule has 116 valence electrons. The van der Waals surface area contributed by atoms with Crippen LogP contribution in [0.5, 0.6) is 0 Å². The maximum absolute atomic E-state index is 13.1. The second-order valence-corrected chi connectivity index (χ2v) is 9.04. The van der Waals surface area contributed by atoms with Crippen LogP contribution in [0.15, 0.2) is 0 Å². The van der Waals surface area contributed by atoms with E-state index < -0.39 is 9.84 Å². The second kappa shape index (κ2) is 7.66. The van der Waals surface area contributed by atoms with Gasteiger partial charge < -0.3 is 0 Å². The molecular weight excluding hydrogens is 256 g/mol. The van der Waals surface area contributed by atoms with Crippen molar-refractivity contribution in [2.45, 2.75) is 78.7 Å². The Morgan fingerprint density at radius 2 is 0.947 bits per heavy atom. The molecule has 0 aromatic carbocycles. The first-order chi connectivity index (χ1) is 8.61. The molecule has 0 heterocycles. The van der Waals surface area contributed by atoms with Crippen LogP contribution < -0.4 is 0 Å². The highest BCUT2D eigenvalue weighted by molar-refractivity contribution is 7.92. The Balaban J connectivity index is 5.61. The SMILES string of the molecule is CCC(C)C(C(C)C)S(=O)(=O)C(C(C)C)C(C)CC. The van der Waals surface area contributed by atoms with Crippen molar-refractivity contribution in [2.75, 3.05) is 0 Å². The molecule has 0 N–H and O–H groups in total. The van der Waals surface area contributed by atoms with Gasteiger partial charge in [0.05, 0.1) is 10.5 Å². The van der Waals surface area contributed by atoms with Crippen molar-refractivity contribution in [1.82, 2.24) is 0 Å². The molecule has 2 nitrogen and oxygen atoms in total. The zero-order valence-electron chi connectivity index (χ0n) is 14.1. The van der Waals surface area contributed by atoms with Gasteiger partial charge >= 0.3 is 0 Å². The summed E-state index contributed by atoms with van der Waals surface area (Å²) in [4.78, 5) is 0. The second-order valence-electron chi connectivity index (χ2n) is 6.78. The standard InChI is InChI=1S/C16H34O2S/c1-9-13(7)15(11(3)4)19(17,18)16(12(5)6)14(8)10-2/h11-16H,9-10H2,1-8H3. The average Bonchev–Trinajstić information content (AvgIpc) is 2.26. The number of hydrogen-bond donors (Lipinski definition) is 0. The first-order valence-electron chi connectivity index (χ1n) is 7.83. The molecule has 0 aliphatic carbocycles. The summed E-state index contributed by atoms with van der Waals surface area (Å²) in [5.41, 5.74) is 0. The monoisotopic (exact) mass is 290 g/mol. The maximum atomic E-state index is 13.1. The highest BCUT2D eigenvalue weighted by Gasteiger charge is 2.41. The van der Waals surface area contributed by atoms with Gasteiger partial charge in [-0.1, -0.05) is 68.2 Å². The lowest BCUT2D eigenvalue weighted by Gasteiger charge is -2.35. The zero-order chi connectivity index (χ0) is 15.4. The molecule has 3 heteroatoms. The smallest absolute Gasteiger partial charge is 0.157 e. The quantitative estimate of drug-likeness (QED) is 0.657. The molecule has 0 bridgehead atoms. The molecular formula is C16H34O2S. The van der Waals surface area contributed by atoms with Crippen molar-refractivity contribution in [3.63, 3.8) is 0 Å². The molecule has 0 radical (unpaired) electrons. The number of sulfone groups is 1. The first-order valence-corrected chi connectivity index (χ1v) is 9.44. The van der Waals surface area contributed by atoms with Crippen LogP contribution in [0.2, 0.25) is 0 Å². The van der Waals surface area contributed by atoms with Gasteiger partial charge in [-0.25, -0.2) is 8.42 Å². The number of rotatable bonds is 8. The van der Waals surface area contributed by atoms with E-state index in [0.29, 0.717) is 0 Å². The van der Waals surface area contributed by atoms with Gasteiger partial charge in [-0.05, 0) is 23.7 Å². The van der Waals surface area contributed by atoms with Gasteiger partial charge in [0.25, 0.3) is 0 Å². The van der Waals surface area contributed by atoms with Crippen molar-refractivity contribution >= 4 is 9.84 Å². The fraction of sp³-hybridized carbons (Fsp3) is 1.00. The molecule has 4 unspecified atom stereocenters. The van der Waals surface area contributed by atoms with Gasteiger partial charge in [0.15, 0.2) is 9.84 Å². The van der Waals surface area contributed by atoms with E-state index in [1.807, 2.05) is 27.7 Å². The normalized spacial score (nSPS) is 19.5. The number of hydrogen-bond acceptors (Lipinski definition) is 2. The summed E-state index contributed by atoms with van der Waals surface area (Å²) in [5.74, 6) is 0.834. The molecule has 0 aromatic heterocycles. The van der Waals surface area contributed by atoms with Crippen molar-refractivity contribution in [2.24, 2.45) is 23.7 Å². The van der Waals surface area contributed by atoms with Crippen LogP contribution >= 0.6 is 0 Å². The largest absolute Gasteiger partial charge is 0.228 e. The van der Waals surface area contributed by atoms with Crippen LogP contribution in [-0.2, 0) is 9.84 Å². The van der Waals surface area contributed by atoms with Crippen LogP contribution in [0, 0.1) is 23.7 Å². The van der Waals surface area contributed by atoms with E-state index in [9.17, 15) is 8.42 Å². The lowest BCUT2D eigenvalue weighted by molar-refractivity contribution is 0.377. The summed E-state index contributed by atoms with van der Waals surface area (Å²) in [7, 11) is -3.08. The molecule has 19 heavy (non-hydrogen) atoms. The third kappa shape index (κ3) is 4.47. The molecule has 0 aliphatic rings. The Kier molecular flexibility index (Phi) is 7.64. The van der Waals surface area contributed by atoms with E-state index in [4.69, 9.17) is 0 Å². The summed E-state index contributed by atoms with van der Waals surface area (Å²) in [5, 5.41) is -0.419. The third-order valence-corrected chi connectivity index (χ3v) is 8.02. The molecule has 0 fully saturated rings. The lowest BCUT2D eigenvalue weighted by Crippen LogP contribution is -2.44. The highest BCUT2D eigenvalue weighted by Crippen LogP contribution is 2.33. The highest BCUT2D eigenvalue weighted by atomic mass is 32.2. The minimum absolute atomic E-state index is 0.185. The van der Waals surface area contributed by atoms with Gasteiger partial charge in [-0.15, -0.1) is 0 Å². The Hall–Kier alpha value is -0.0500. The van der Waals surface area contributed by atoms with Crippen molar-refractivity contribution < 1.29 is 8.42 Å². The summed E-state index contributed by atoms with van der Waals surface area (Å²) in [6, 6.07) is 0. The Labute approximate surface area is 121 Å². The van der Waals surface area contributed by atoms with Crippen LogP contribution in [0.4, 0.5) is 0 Å². The van der Waals surface area contributed by atoms with Gasteiger partial charge in [0.1, 0.15) is 0 Å². The van der Waals surface area contributed by atoms with E-state index in [-0.39, 0.29) is 34.2 Å². The first kappa shape index (κ1) is 18.9. The predicted molar refractivity (Wildman–Crippen MR) is 85.1 cm³/mol. The lowest BCUT2D eigenvalue weighted by atomic mass is 9.95. The van der Waals surface area contributed by atoms with Crippen molar-refractivity contribution in [3.05, 3.63) is 0 Å². The van der Waals surface area contributed by atoms with Gasteiger partial charge in [-0.3, -0.25) is 0 Å². The average molecular weight is 291 g/mol. The molecule has 0 saturated carbocycles. The van der Waals surface area contributed by atoms with Crippen LogP contribution in [0.1, 0.15) is 68.2 Å².